The molecule has 0 saturated carbocycles. The minimum Gasteiger partial charge on any atom is -0.378 e. The first kappa shape index (κ1) is 21.2. The molecule has 30 heavy (non-hydrogen) atoms. The molecule has 0 aliphatic carbocycles. The molecule has 1 saturated heterocycles. The molecule has 0 amide bonds. The molecule has 160 valence electrons. The van der Waals surface area contributed by atoms with Gasteiger partial charge in [-0.1, -0.05) is 31.2 Å². The molecular formula is C21H28ClN5O2Si. The second-order valence-electron chi connectivity index (χ2n) is 8.71. The van der Waals surface area contributed by atoms with E-state index in [1.54, 1.807) is 0 Å². The highest BCUT2D eigenvalue weighted by Crippen LogP contribution is 2.31. The quantitative estimate of drug-likeness (QED) is 0.307. The summed E-state index contributed by atoms with van der Waals surface area (Å²) in [5.74, 6) is 0.967. The highest BCUT2D eigenvalue weighted by Gasteiger charge is 2.18. The van der Waals surface area contributed by atoms with Crippen LogP contribution in [-0.2, 0) is 16.2 Å². The van der Waals surface area contributed by atoms with Gasteiger partial charge in [0.05, 0.1) is 24.3 Å². The zero-order valence-corrected chi connectivity index (χ0v) is 19.5. The summed E-state index contributed by atoms with van der Waals surface area (Å²) in [6.07, 6.45) is 3.39. The summed E-state index contributed by atoms with van der Waals surface area (Å²) in [4.78, 5) is 15.5. The van der Waals surface area contributed by atoms with Gasteiger partial charge in [-0.2, -0.15) is 0 Å². The second-order valence-corrected chi connectivity index (χ2v) is 14.7. The molecule has 0 N–H and O–H groups in total. The summed E-state index contributed by atoms with van der Waals surface area (Å²) in [7, 11) is -1.15. The van der Waals surface area contributed by atoms with Gasteiger partial charge < -0.3 is 18.9 Å². The van der Waals surface area contributed by atoms with E-state index < -0.39 is 8.07 Å². The third-order valence-corrected chi connectivity index (χ3v) is 7.24. The number of halogens is 1. The molecule has 0 spiro atoms. The van der Waals surface area contributed by atoms with Crippen molar-refractivity contribution >= 4 is 36.5 Å². The molecule has 3 aromatic rings. The van der Waals surface area contributed by atoms with Gasteiger partial charge in [0.2, 0.25) is 0 Å². The summed E-state index contributed by atoms with van der Waals surface area (Å²) >= 11 is 6.34. The number of rotatable bonds is 7. The molecular weight excluding hydrogens is 418 g/mol. The Hall–Kier alpha value is -2.00. The van der Waals surface area contributed by atoms with Crippen LogP contribution in [0.5, 0.6) is 0 Å². The fraction of sp³-hybridized carbons (Fsp3) is 0.476. The van der Waals surface area contributed by atoms with Gasteiger partial charge in [-0.05, 0) is 24.2 Å². The Bertz CT molecular complexity index is 997. The molecule has 0 bridgehead atoms. The van der Waals surface area contributed by atoms with E-state index in [1.807, 2.05) is 12.3 Å². The van der Waals surface area contributed by atoms with Crippen LogP contribution >= 0.6 is 11.6 Å². The largest absolute Gasteiger partial charge is 0.378 e. The topological polar surface area (TPSA) is 65.3 Å². The highest BCUT2D eigenvalue weighted by atomic mass is 35.5. The minimum absolute atomic E-state index is 0.419. The van der Waals surface area contributed by atoms with Crippen molar-refractivity contribution in [3.63, 3.8) is 0 Å². The minimum atomic E-state index is -1.15. The molecule has 1 aliphatic heterocycles. The van der Waals surface area contributed by atoms with E-state index in [-0.39, 0.29) is 0 Å². The number of anilines is 1. The smallest absolute Gasteiger partial charge is 0.147 e. The van der Waals surface area contributed by atoms with Crippen molar-refractivity contribution in [2.45, 2.75) is 32.4 Å². The number of nitrogens with zero attached hydrogens (tertiary/aromatic N) is 5. The third kappa shape index (κ3) is 4.83. The van der Waals surface area contributed by atoms with Crippen LogP contribution in [0.4, 0.5) is 5.82 Å². The van der Waals surface area contributed by atoms with Gasteiger partial charge in [0.1, 0.15) is 29.7 Å². The Balaban J connectivity index is 1.61. The van der Waals surface area contributed by atoms with Crippen molar-refractivity contribution in [1.29, 1.82) is 0 Å². The SMILES string of the molecule is C[Si](C)(C)CCOCn1c(-c2ccc(N3CCOCC3)nc2)cc2c(Cl)ncnc21. The fourth-order valence-corrected chi connectivity index (χ4v) is 4.39. The molecule has 3 aromatic heterocycles. The van der Waals surface area contributed by atoms with Gasteiger partial charge >= 0.3 is 0 Å². The van der Waals surface area contributed by atoms with E-state index in [0.29, 0.717) is 11.9 Å². The van der Waals surface area contributed by atoms with E-state index >= 15 is 0 Å². The standard InChI is InChI=1S/C21H28ClN5O2Si/c1-30(2,3)11-10-29-15-27-18(12-17-20(22)24-14-25-21(17)27)16-4-5-19(23-13-16)26-6-8-28-9-7-26/h4-5,12-14H,6-11,15H2,1-3H3. The molecule has 4 heterocycles. The average Bonchev–Trinajstić information content (AvgIpc) is 3.11. The normalized spacial score (nSPS) is 15.1. The number of fused-ring (bicyclic) bond motifs is 1. The van der Waals surface area contributed by atoms with E-state index in [0.717, 1.165) is 67.1 Å². The first-order chi connectivity index (χ1) is 14.4. The summed E-state index contributed by atoms with van der Waals surface area (Å²) in [5, 5.41) is 1.26. The van der Waals surface area contributed by atoms with Gasteiger partial charge in [-0.3, -0.25) is 0 Å². The first-order valence-electron chi connectivity index (χ1n) is 10.3. The lowest BCUT2D eigenvalue weighted by Crippen LogP contribution is -2.36. The van der Waals surface area contributed by atoms with Gasteiger partial charge in [-0.15, -0.1) is 0 Å². The van der Waals surface area contributed by atoms with E-state index in [2.05, 4.69) is 51.2 Å². The number of hydrogen-bond donors (Lipinski definition) is 0. The summed E-state index contributed by atoms with van der Waals surface area (Å²) in [5.41, 5.74) is 2.74. The number of morpholine rings is 1. The van der Waals surface area contributed by atoms with E-state index in [1.165, 1.54) is 6.33 Å². The predicted molar refractivity (Wildman–Crippen MR) is 123 cm³/mol. The molecule has 0 unspecified atom stereocenters. The maximum atomic E-state index is 6.34. The second kappa shape index (κ2) is 9.01. The summed E-state index contributed by atoms with van der Waals surface area (Å²) < 4.78 is 13.5. The number of pyridine rings is 1. The Labute approximate surface area is 183 Å². The monoisotopic (exact) mass is 445 g/mol. The Morgan fingerprint density at radius 1 is 1.13 bits per heavy atom. The van der Waals surface area contributed by atoms with Crippen LogP contribution in [-0.4, -0.2) is 60.5 Å². The van der Waals surface area contributed by atoms with E-state index in [4.69, 9.17) is 26.1 Å². The molecule has 7 nitrogen and oxygen atoms in total. The van der Waals surface area contributed by atoms with Crippen molar-refractivity contribution in [1.82, 2.24) is 19.5 Å². The lowest BCUT2D eigenvalue weighted by molar-refractivity contribution is 0.0909. The van der Waals surface area contributed by atoms with Crippen LogP contribution in [0.25, 0.3) is 22.3 Å². The predicted octanol–water partition coefficient (Wildman–Crippen LogP) is 4.30. The molecule has 1 aliphatic rings. The first-order valence-corrected chi connectivity index (χ1v) is 14.4. The van der Waals surface area contributed by atoms with Gasteiger partial charge in [-0.25, -0.2) is 15.0 Å². The third-order valence-electron chi connectivity index (χ3n) is 5.24. The molecule has 0 radical (unpaired) electrons. The van der Waals surface area contributed by atoms with Crippen molar-refractivity contribution in [3.8, 4) is 11.3 Å². The van der Waals surface area contributed by atoms with Crippen LogP contribution in [0.15, 0.2) is 30.7 Å². The van der Waals surface area contributed by atoms with Crippen LogP contribution in [0.1, 0.15) is 0 Å². The number of hydrogen-bond acceptors (Lipinski definition) is 6. The molecule has 9 heteroatoms. The average molecular weight is 446 g/mol. The Kier molecular flexibility index (Phi) is 6.38. The van der Waals surface area contributed by atoms with Crippen molar-refractivity contribution in [2.75, 3.05) is 37.8 Å². The van der Waals surface area contributed by atoms with Crippen LogP contribution in [0.3, 0.4) is 0 Å². The number of ether oxygens (including phenoxy) is 2. The van der Waals surface area contributed by atoms with E-state index in [9.17, 15) is 0 Å². The van der Waals surface area contributed by atoms with Crippen molar-refractivity contribution in [3.05, 3.63) is 35.9 Å². The molecule has 1 fully saturated rings. The molecule has 0 atom stereocenters. The molecule has 0 aromatic carbocycles. The lowest BCUT2D eigenvalue weighted by atomic mass is 10.2. The number of aromatic nitrogens is 4. The maximum Gasteiger partial charge on any atom is 0.147 e. The van der Waals surface area contributed by atoms with Gasteiger partial charge in [0.15, 0.2) is 0 Å². The zero-order valence-electron chi connectivity index (χ0n) is 17.8. The summed E-state index contributed by atoms with van der Waals surface area (Å²) in [6.45, 7) is 11.4. The Morgan fingerprint density at radius 3 is 2.63 bits per heavy atom. The highest BCUT2D eigenvalue weighted by molar-refractivity contribution is 6.76. The zero-order chi connectivity index (χ0) is 21.1. The Morgan fingerprint density at radius 2 is 1.93 bits per heavy atom. The lowest BCUT2D eigenvalue weighted by Gasteiger charge is -2.27. The van der Waals surface area contributed by atoms with Crippen LogP contribution < -0.4 is 4.90 Å². The maximum absolute atomic E-state index is 6.34. The van der Waals surface area contributed by atoms with Crippen molar-refractivity contribution in [2.24, 2.45) is 0 Å². The fourth-order valence-electron chi connectivity index (χ4n) is 3.45. The van der Waals surface area contributed by atoms with Crippen LogP contribution in [0, 0.1) is 0 Å². The van der Waals surface area contributed by atoms with Gasteiger partial charge in [0.25, 0.3) is 0 Å². The van der Waals surface area contributed by atoms with Gasteiger partial charge in [0, 0.05) is 39.5 Å². The van der Waals surface area contributed by atoms with Crippen molar-refractivity contribution < 1.29 is 9.47 Å². The molecule has 4 rings (SSSR count). The van der Waals surface area contributed by atoms with Crippen LogP contribution in [0.2, 0.25) is 30.8 Å². The summed E-state index contributed by atoms with van der Waals surface area (Å²) in [6, 6.07) is 7.28.